The summed E-state index contributed by atoms with van der Waals surface area (Å²) in [6.45, 7) is 3.09. The number of cyclic esters (lactones) is 1. The van der Waals surface area contributed by atoms with Gasteiger partial charge in [-0.05, 0) is 13.0 Å². The van der Waals surface area contributed by atoms with Gasteiger partial charge in [-0.15, -0.1) is 0 Å². The van der Waals surface area contributed by atoms with E-state index >= 15 is 0 Å². The summed E-state index contributed by atoms with van der Waals surface area (Å²) in [4.78, 5) is 31.7. The molecular formula is C11H13N3O4. The molecule has 2 rings (SSSR count). The lowest BCUT2D eigenvalue weighted by Gasteiger charge is -2.11. The maximum absolute atomic E-state index is 11.2. The zero-order valence-corrected chi connectivity index (χ0v) is 9.92. The highest BCUT2D eigenvalue weighted by atomic mass is 16.6. The highest BCUT2D eigenvalue weighted by Gasteiger charge is 2.21. The van der Waals surface area contributed by atoms with Gasteiger partial charge < -0.3 is 14.7 Å². The number of hydrogen-bond donors (Lipinski definition) is 1. The Balaban J connectivity index is 2.04. The minimum absolute atomic E-state index is 0.0264. The number of aryl methyl sites for hydroxylation is 1. The third-order valence-electron chi connectivity index (χ3n) is 2.57. The Morgan fingerprint density at radius 3 is 2.94 bits per heavy atom. The number of carbonyl (C=O) groups excluding carboxylic acids is 1. The second-order valence-electron chi connectivity index (χ2n) is 3.97. The summed E-state index contributed by atoms with van der Waals surface area (Å²) in [6, 6.07) is 1.41. The Morgan fingerprint density at radius 1 is 1.56 bits per heavy atom. The van der Waals surface area contributed by atoms with Crippen molar-refractivity contribution in [2.24, 2.45) is 0 Å². The molecule has 1 saturated heterocycles. The van der Waals surface area contributed by atoms with Crippen LogP contribution < -0.4 is 0 Å². The Bertz CT molecular complexity index is 489. The zero-order chi connectivity index (χ0) is 13.1. The van der Waals surface area contributed by atoms with Gasteiger partial charge in [0.2, 0.25) is 0 Å². The van der Waals surface area contributed by atoms with Crippen molar-refractivity contribution in [3.8, 4) is 0 Å². The van der Waals surface area contributed by atoms with Crippen LogP contribution in [0.15, 0.2) is 6.07 Å². The summed E-state index contributed by atoms with van der Waals surface area (Å²) in [5.41, 5.74) is 0.572. The van der Waals surface area contributed by atoms with Gasteiger partial charge in [-0.3, -0.25) is 0 Å². The van der Waals surface area contributed by atoms with E-state index in [1.807, 2.05) is 0 Å². The van der Waals surface area contributed by atoms with E-state index in [0.29, 0.717) is 37.6 Å². The van der Waals surface area contributed by atoms with E-state index < -0.39 is 5.97 Å². The minimum atomic E-state index is -1.08. The van der Waals surface area contributed by atoms with Crippen LogP contribution in [-0.2, 0) is 11.2 Å². The van der Waals surface area contributed by atoms with Crippen LogP contribution in [0.25, 0.3) is 0 Å². The number of aromatic carboxylic acids is 1. The average molecular weight is 251 g/mol. The van der Waals surface area contributed by atoms with Crippen molar-refractivity contribution < 1.29 is 19.4 Å². The molecule has 0 radical (unpaired) electrons. The third-order valence-corrected chi connectivity index (χ3v) is 2.57. The van der Waals surface area contributed by atoms with Gasteiger partial charge in [0.15, 0.2) is 5.69 Å². The lowest BCUT2D eigenvalue weighted by atomic mass is 10.3. The molecule has 7 heteroatoms. The van der Waals surface area contributed by atoms with Crippen molar-refractivity contribution in [2.75, 3.05) is 19.7 Å². The van der Waals surface area contributed by atoms with Gasteiger partial charge >= 0.3 is 12.1 Å². The predicted octanol–water partition coefficient (Wildman–Crippen LogP) is 0.478. The largest absolute Gasteiger partial charge is 0.477 e. The van der Waals surface area contributed by atoms with E-state index in [1.54, 1.807) is 11.8 Å². The van der Waals surface area contributed by atoms with Crippen LogP contribution in [0.4, 0.5) is 4.79 Å². The van der Waals surface area contributed by atoms with E-state index in [9.17, 15) is 9.59 Å². The summed E-state index contributed by atoms with van der Waals surface area (Å²) < 4.78 is 4.79. The summed E-state index contributed by atoms with van der Waals surface area (Å²) in [5, 5.41) is 8.88. The first kappa shape index (κ1) is 12.3. The SMILES string of the molecule is Cc1cc(C(=O)O)nc(CCN2CCOC2=O)n1. The number of carbonyl (C=O) groups is 2. The molecule has 0 aromatic carbocycles. The highest BCUT2D eigenvalue weighted by Crippen LogP contribution is 2.06. The minimum Gasteiger partial charge on any atom is -0.477 e. The number of nitrogens with zero attached hydrogens (tertiary/aromatic N) is 3. The molecule has 0 unspecified atom stereocenters. The molecule has 96 valence electrons. The molecule has 0 bridgehead atoms. The first-order valence-corrected chi connectivity index (χ1v) is 5.56. The standard InChI is InChI=1S/C11H13N3O4/c1-7-6-8(10(15)16)13-9(12-7)2-3-14-4-5-18-11(14)17/h6H,2-5H2,1H3,(H,15,16). The zero-order valence-electron chi connectivity index (χ0n) is 9.92. The molecule has 1 aliphatic rings. The fourth-order valence-corrected chi connectivity index (χ4v) is 1.72. The van der Waals surface area contributed by atoms with Crippen molar-refractivity contribution in [3.05, 3.63) is 23.3 Å². The average Bonchev–Trinajstić information content (AvgIpc) is 2.71. The molecule has 1 aromatic rings. The molecule has 1 N–H and O–H groups in total. The number of amides is 1. The molecule has 1 aromatic heterocycles. The first-order valence-electron chi connectivity index (χ1n) is 5.56. The van der Waals surface area contributed by atoms with Crippen LogP contribution in [0.1, 0.15) is 22.0 Å². The number of rotatable bonds is 4. The van der Waals surface area contributed by atoms with Gasteiger partial charge in [0.25, 0.3) is 0 Å². The van der Waals surface area contributed by atoms with Crippen LogP contribution in [0, 0.1) is 6.92 Å². The van der Waals surface area contributed by atoms with E-state index in [2.05, 4.69) is 9.97 Å². The van der Waals surface area contributed by atoms with E-state index in [0.717, 1.165) is 0 Å². The Kier molecular flexibility index (Phi) is 3.40. The number of aromatic nitrogens is 2. The highest BCUT2D eigenvalue weighted by molar-refractivity contribution is 5.85. The Morgan fingerprint density at radius 2 is 2.33 bits per heavy atom. The number of ether oxygens (including phenoxy) is 1. The topological polar surface area (TPSA) is 92.6 Å². The normalized spacial score (nSPS) is 14.7. The molecule has 0 aliphatic carbocycles. The van der Waals surface area contributed by atoms with Crippen molar-refractivity contribution >= 4 is 12.1 Å². The second-order valence-corrected chi connectivity index (χ2v) is 3.97. The summed E-state index contributed by atoms with van der Waals surface area (Å²) in [6.07, 6.45) is 0.0676. The third kappa shape index (κ3) is 2.73. The van der Waals surface area contributed by atoms with Gasteiger partial charge in [-0.2, -0.15) is 0 Å². The maximum atomic E-state index is 11.2. The summed E-state index contributed by atoms with van der Waals surface area (Å²) in [5.74, 6) is -0.658. The van der Waals surface area contributed by atoms with Crippen LogP contribution in [0.2, 0.25) is 0 Å². The van der Waals surface area contributed by atoms with Gasteiger partial charge in [-0.1, -0.05) is 0 Å². The van der Waals surface area contributed by atoms with Gasteiger partial charge in [-0.25, -0.2) is 19.6 Å². The molecule has 0 spiro atoms. The maximum Gasteiger partial charge on any atom is 0.409 e. The van der Waals surface area contributed by atoms with Gasteiger partial charge in [0.1, 0.15) is 12.4 Å². The number of hydrogen-bond acceptors (Lipinski definition) is 5. The van der Waals surface area contributed by atoms with Gasteiger partial charge in [0.05, 0.1) is 6.54 Å². The fourth-order valence-electron chi connectivity index (χ4n) is 1.72. The van der Waals surface area contributed by atoms with Gasteiger partial charge in [0, 0.05) is 18.7 Å². The molecular weight excluding hydrogens is 238 g/mol. The smallest absolute Gasteiger partial charge is 0.409 e. The fraction of sp³-hybridized carbons (Fsp3) is 0.455. The molecule has 1 amide bonds. The van der Waals surface area contributed by atoms with Crippen LogP contribution in [-0.4, -0.2) is 51.7 Å². The molecule has 0 atom stereocenters. The molecule has 2 heterocycles. The lowest BCUT2D eigenvalue weighted by molar-refractivity contribution is 0.0689. The lowest BCUT2D eigenvalue weighted by Crippen LogP contribution is -2.27. The second kappa shape index (κ2) is 4.99. The molecule has 7 nitrogen and oxygen atoms in total. The summed E-state index contributed by atoms with van der Waals surface area (Å²) >= 11 is 0. The van der Waals surface area contributed by atoms with E-state index in [4.69, 9.17) is 9.84 Å². The van der Waals surface area contributed by atoms with Crippen LogP contribution >= 0.6 is 0 Å². The monoisotopic (exact) mass is 251 g/mol. The molecule has 1 aliphatic heterocycles. The first-order chi connectivity index (χ1) is 8.56. The number of carboxylic acids is 1. The van der Waals surface area contributed by atoms with Crippen molar-refractivity contribution in [1.29, 1.82) is 0 Å². The Labute approximate surface area is 103 Å². The predicted molar refractivity (Wildman–Crippen MR) is 60.4 cm³/mol. The van der Waals surface area contributed by atoms with Crippen molar-refractivity contribution in [3.63, 3.8) is 0 Å². The molecule has 0 saturated carbocycles. The Hall–Kier alpha value is -2.18. The quantitative estimate of drug-likeness (QED) is 0.836. The number of carboxylic acid groups (broad SMARTS) is 1. The molecule has 18 heavy (non-hydrogen) atoms. The molecule has 1 fully saturated rings. The van der Waals surface area contributed by atoms with Crippen molar-refractivity contribution in [1.82, 2.24) is 14.9 Å². The van der Waals surface area contributed by atoms with Crippen LogP contribution in [0.3, 0.4) is 0 Å². The van der Waals surface area contributed by atoms with E-state index in [1.165, 1.54) is 6.07 Å². The summed E-state index contributed by atoms with van der Waals surface area (Å²) in [7, 11) is 0. The van der Waals surface area contributed by atoms with Crippen molar-refractivity contribution in [2.45, 2.75) is 13.3 Å². The van der Waals surface area contributed by atoms with Crippen LogP contribution in [0.5, 0.6) is 0 Å². The van der Waals surface area contributed by atoms with E-state index in [-0.39, 0.29) is 11.8 Å².